The Balaban J connectivity index is 0.000000328. The molecular weight excluding hydrogens is 638 g/mol. The Labute approximate surface area is 281 Å². The lowest BCUT2D eigenvalue weighted by Gasteiger charge is -2.17. The SMILES string of the molecule is CNNCc1ccc(C(=O)NC(C)C)cc1.Cc1nc2ccc(CN(C)c3ccc(C(=O)N[C@@H](CCC(=O)O)C(=O)O)s3)cc2c(=O)[nH]1. The number of thiophene rings is 1. The van der Waals surface area contributed by atoms with E-state index in [9.17, 15) is 29.1 Å². The highest BCUT2D eigenvalue weighted by molar-refractivity contribution is 7.18. The molecule has 15 heteroatoms. The van der Waals surface area contributed by atoms with E-state index in [0.29, 0.717) is 33.7 Å². The predicted octanol–water partition coefficient (Wildman–Crippen LogP) is 3.03. The minimum atomic E-state index is -1.29. The molecule has 2 aromatic heterocycles. The Kier molecular flexibility index (Phi) is 13.8. The summed E-state index contributed by atoms with van der Waals surface area (Å²) in [4.78, 5) is 67.4. The van der Waals surface area contributed by atoms with Crippen LogP contribution in [0.25, 0.3) is 10.9 Å². The monoisotopic (exact) mass is 679 g/mol. The second kappa shape index (κ2) is 17.7. The minimum absolute atomic E-state index is 0.0249. The van der Waals surface area contributed by atoms with E-state index in [-0.39, 0.29) is 30.3 Å². The number of hydrogen-bond donors (Lipinski definition) is 7. The zero-order valence-corrected chi connectivity index (χ0v) is 28.2. The zero-order valence-electron chi connectivity index (χ0n) is 27.4. The van der Waals surface area contributed by atoms with Crippen LogP contribution in [-0.2, 0) is 22.7 Å². The lowest BCUT2D eigenvalue weighted by molar-refractivity contribution is -0.140. The summed E-state index contributed by atoms with van der Waals surface area (Å²) in [5, 5.41) is 24.4. The van der Waals surface area contributed by atoms with E-state index in [4.69, 9.17) is 5.11 Å². The fraction of sp³-hybridized carbons (Fsp3) is 0.333. The number of fused-ring (bicyclic) bond motifs is 1. The highest BCUT2D eigenvalue weighted by Gasteiger charge is 2.23. The van der Waals surface area contributed by atoms with Crippen molar-refractivity contribution in [1.82, 2.24) is 31.5 Å². The van der Waals surface area contributed by atoms with Crippen molar-refractivity contribution >= 4 is 51.0 Å². The maximum absolute atomic E-state index is 12.4. The number of aromatic nitrogens is 2. The molecule has 48 heavy (non-hydrogen) atoms. The van der Waals surface area contributed by atoms with Gasteiger partial charge in [0.2, 0.25) is 0 Å². The third-order valence-electron chi connectivity index (χ3n) is 6.86. The number of amides is 2. The Morgan fingerprint density at radius 3 is 2.27 bits per heavy atom. The molecule has 4 aromatic rings. The largest absolute Gasteiger partial charge is 0.481 e. The molecule has 0 radical (unpaired) electrons. The smallest absolute Gasteiger partial charge is 0.326 e. The van der Waals surface area contributed by atoms with Crippen molar-refractivity contribution in [2.45, 2.75) is 58.8 Å². The van der Waals surface area contributed by atoms with Gasteiger partial charge in [0.05, 0.1) is 20.8 Å². The van der Waals surface area contributed by atoms with Crippen LogP contribution >= 0.6 is 11.3 Å². The van der Waals surface area contributed by atoms with Crippen LogP contribution in [0.5, 0.6) is 0 Å². The molecule has 2 aromatic carbocycles. The number of hydrazine groups is 1. The maximum atomic E-state index is 12.4. The first kappa shape index (κ1) is 37.3. The quantitative estimate of drug-likeness (QED) is 0.0965. The summed E-state index contributed by atoms with van der Waals surface area (Å²) < 4.78 is 0. The van der Waals surface area contributed by atoms with Crippen molar-refractivity contribution in [3.63, 3.8) is 0 Å². The van der Waals surface area contributed by atoms with E-state index in [1.807, 2.05) is 63.2 Å². The van der Waals surface area contributed by atoms with Gasteiger partial charge in [-0.1, -0.05) is 18.2 Å². The van der Waals surface area contributed by atoms with Gasteiger partial charge in [0.15, 0.2) is 0 Å². The summed E-state index contributed by atoms with van der Waals surface area (Å²) in [6.07, 6.45) is -0.566. The molecule has 7 N–H and O–H groups in total. The van der Waals surface area contributed by atoms with Crippen LogP contribution in [0.2, 0.25) is 0 Å². The Bertz CT molecular complexity index is 1790. The Morgan fingerprint density at radius 1 is 0.958 bits per heavy atom. The molecule has 2 heterocycles. The lowest BCUT2D eigenvalue weighted by Crippen LogP contribution is -2.40. The first-order valence-corrected chi connectivity index (χ1v) is 15.9. The number of hydrogen-bond acceptors (Lipinski definition) is 10. The second-order valence-electron chi connectivity index (χ2n) is 11.2. The highest BCUT2D eigenvalue weighted by atomic mass is 32.1. The fourth-order valence-electron chi connectivity index (χ4n) is 4.47. The van der Waals surface area contributed by atoms with Gasteiger partial charge < -0.3 is 30.7 Å². The molecule has 2 amide bonds. The number of carbonyl (C=O) groups is 4. The number of carboxylic acid groups (broad SMARTS) is 2. The average Bonchev–Trinajstić information content (AvgIpc) is 3.53. The van der Waals surface area contributed by atoms with Gasteiger partial charge >= 0.3 is 11.9 Å². The van der Waals surface area contributed by atoms with Crippen molar-refractivity contribution in [1.29, 1.82) is 0 Å². The van der Waals surface area contributed by atoms with E-state index in [0.717, 1.165) is 22.7 Å². The molecule has 0 aliphatic rings. The molecule has 0 fully saturated rings. The topological polar surface area (TPSA) is 206 Å². The van der Waals surface area contributed by atoms with Crippen molar-refractivity contribution < 1.29 is 29.4 Å². The van der Waals surface area contributed by atoms with Gasteiger partial charge in [0.25, 0.3) is 17.4 Å². The second-order valence-corrected chi connectivity index (χ2v) is 12.3. The van der Waals surface area contributed by atoms with Crippen LogP contribution in [0.3, 0.4) is 0 Å². The van der Waals surface area contributed by atoms with Gasteiger partial charge in [0.1, 0.15) is 11.9 Å². The molecule has 0 bridgehead atoms. The third-order valence-corrected chi connectivity index (χ3v) is 8.05. The number of carboxylic acids is 2. The van der Waals surface area contributed by atoms with Crippen LogP contribution in [0.1, 0.15) is 63.7 Å². The van der Waals surface area contributed by atoms with Gasteiger partial charge in [0, 0.05) is 38.2 Å². The number of carbonyl (C=O) groups excluding carboxylic acids is 2. The molecule has 0 aliphatic carbocycles. The number of nitrogens with one attached hydrogen (secondary N) is 5. The molecule has 0 aliphatic heterocycles. The maximum Gasteiger partial charge on any atom is 0.326 e. The number of benzene rings is 2. The number of H-pyrrole nitrogens is 1. The molecular formula is C33H41N7O7S. The molecule has 0 unspecified atom stereocenters. The summed E-state index contributed by atoms with van der Waals surface area (Å²) in [5.74, 6) is -2.48. The van der Waals surface area contributed by atoms with Gasteiger partial charge in [-0.25, -0.2) is 9.78 Å². The third kappa shape index (κ3) is 11.3. The van der Waals surface area contributed by atoms with E-state index >= 15 is 0 Å². The minimum Gasteiger partial charge on any atom is -0.481 e. The number of aromatic amines is 1. The summed E-state index contributed by atoms with van der Waals surface area (Å²) >= 11 is 1.18. The number of aliphatic carboxylic acids is 2. The van der Waals surface area contributed by atoms with E-state index in [2.05, 4.69) is 31.5 Å². The van der Waals surface area contributed by atoms with Crippen molar-refractivity contribution in [2.75, 3.05) is 19.0 Å². The van der Waals surface area contributed by atoms with Gasteiger partial charge in [-0.2, -0.15) is 0 Å². The highest BCUT2D eigenvalue weighted by Crippen LogP contribution is 2.27. The molecule has 4 rings (SSSR count). The molecule has 0 spiro atoms. The first-order chi connectivity index (χ1) is 22.8. The summed E-state index contributed by atoms with van der Waals surface area (Å²) in [5.41, 5.74) is 8.97. The average molecular weight is 680 g/mol. The molecule has 0 saturated carbocycles. The number of aryl methyl sites for hydroxylation is 1. The standard InChI is InChI=1S/C21H22N4O6S.C12H19N3O/c1-11-22-14-4-3-12(9-13(14)19(28)23-11)10-25(2)17-7-6-16(32-17)20(29)24-15(21(30)31)5-8-18(26)27;1-9(2)15-12(16)11-6-4-10(5-7-11)8-14-13-3/h3-4,6-7,9,15H,5,8,10H2,1-2H3,(H,24,29)(H,26,27)(H,30,31)(H,22,23,28);4-7,9,13-14H,8H2,1-3H3,(H,15,16)/t15-;/m0./s1. The predicted molar refractivity (Wildman–Crippen MR) is 184 cm³/mol. The normalized spacial score (nSPS) is 11.4. The van der Waals surface area contributed by atoms with Crippen molar-refractivity contribution in [2.24, 2.45) is 0 Å². The van der Waals surface area contributed by atoms with Gasteiger partial charge in [-0.3, -0.25) is 30.0 Å². The van der Waals surface area contributed by atoms with E-state index in [1.54, 1.807) is 31.2 Å². The van der Waals surface area contributed by atoms with Gasteiger partial charge in [-0.05, 0) is 81.8 Å². The van der Waals surface area contributed by atoms with Crippen LogP contribution < -0.4 is 31.9 Å². The summed E-state index contributed by atoms with van der Waals surface area (Å²) in [7, 11) is 3.66. The summed E-state index contributed by atoms with van der Waals surface area (Å²) in [6, 6.07) is 15.2. The number of anilines is 1. The Morgan fingerprint density at radius 2 is 1.65 bits per heavy atom. The molecule has 1 atom stereocenters. The molecule has 0 saturated heterocycles. The van der Waals surface area contributed by atoms with Crippen molar-refractivity contribution in [3.05, 3.63) is 92.3 Å². The van der Waals surface area contributed by atoms with Crippen LogP contribution in [0.15, 0.2) is 59.4 Å². The first-order valence-electron chi connectivity index (χ1n) is 15.1. The van der Waals surface area contributed by atoms with E-state index < -0.39 is 23.9 Å². The number of rotatable bonds is 14. The van der Waals surface area contributed by atoms with Crippen LogP contribution in [0.4, 0.5) is 5.00 Å². The fourth-order valence-corrected chi connectivity index (χ4v) is 5.34. The molecule has 256 valence electrons. The Hall–Kier alpha value is -5.12. The van der Waals surface area contributed by atoms with Crippen molar-refractivity contribution in [3.8, 4) is 0 Å². The zero-order chi connectivity index (χ0) is 35.4. The molecule has 14 nitrogen and oxygen atoms in total. The van der Waals surface area contributed by atoms with E-state index in [1.165, 1.54) is 11.3 Å². The van der Waals surface area contributed by atoms with Gasteiger partial charge in [-0.15, -0.1) is 11.3 Å². The van der Waals surface area contributed by atoms with Crippen LogP contribution in [0, 0.1) is 6.92 Å². The summed E-state index contributed by atoms with van der Waals surface area (Å²) in [6.45, 7) is 6.83. The lowest BCUT2D eigenvalue weighted by atomic mass is 10.1. The van der Waals surface area contributed by atoms with Crippen LogP contribution in [-0.4, -0.2) is 70.1 Å². The number of nitrogens with zero attached hydrogens (tertiary/aromatic N) is 2.